The maximum atomic E-state index is 13.8. The molecule has 1 aliphatic heterocycles. The lowest BCUT2D eigenvalue weighted by Gasteiger charge is -2.22. The fourth-order valence-electron chi connectivity index (χ4n) is 3.20. The lowest BCUT2D eigenvalue weighted by molar-refractivity contribution is 0.196. The maximum absolute atomic E-state index is 13.8. The first-order valence-corrected chi connectivity index (χ1v) is 9.74. The molecule has 0 spiro atoms. The summed E-state index contributed by atoms with van der Waals surface area (Å²) in [6.07, 6.45) is 4.98. The highest BCUT2D eigenvalue weighted by Gasteiger charge is 2.19. The molecule has 0 aliphatic carbocycles. The summed E-state index contributed by atoms with van der Waals surface area (Å²) >= 11 is 0. The Morgan fingerprint density at radius 2 is 2.04 bits per heavy atom. The van der Waals surface area contributed by atoms with E-state index < -0.39 is 0 Å². The Morgan fingerprint density at radius 1 is 1.14 bits per heavy atom. The van der Waals surface area contributed by atoms with Crippen LogP contribution in [-0.4, -0.2) is 60.1 Å². The molecule has 2 aromatic rings. The number of nitrogens with one attached hydrogen (secondary N) is 1. The number of carbonyl (C=O) groups excluding carboxylic acids is 1. The van der Waals surface area contributed by atoms with E-state index in [1.807, 2.05) is 29.2 Å². The maximum Gasteiger partial charge on any atom is 0.317 e. The molecular weight excluding hydrogens is 359 g/mol. The molecule has 0 unspecified atom stereocenters. The topological polar surface area (TPSA) is 57.7 Å². The van der Waals surface area contributed by atoms with Gasteiger partial charge in [0.15, 0.2) is 0 Å². The molecule has 3 rings (SSSR count). The number of ether oxygens (including phenoxy) is 1. The zero-order chi connectivity index (χ0) is 19.6. The summed E-state index contributed by atoms with van der Waals surface area (Å²) in [6.45, 7) is 4.63. The van der Waals surface area contributed by atoms with Crippen LogP contribution in [0.3, 0.4) is 0 Å². The van der Waals surface area contributed by atoms with E-state index in [1.54, 1.807) is 18.5 Å². The van der Waals surface area contributed by atoms with Crippen LogP contribution in [0.2, 0.25) is 0 Å². The molecule has 150 valence electrons. The smallest absolute Gasteiger partial charge is 0.317 e. The molecule has 1 aliphatic rings. The number of hydrogen-bond acceptors (Lipinski definition) is 4. The van der Waals surface area contributed by atoms with Crippen LogP contribution < -0.4 is 10.1 Å². The molecule has 28 heavy (non-hydrogen) atoms. The van der Waals surface area contributed by atoms with Crippen LogP contribution in [0, 0.1) is 5.82 Å². The molecule has 6 nitrogen and oxygen atoms in total. The Bertz CT molecular complexity index is 744. The molecule has 0 saturated carbocycles. The molecule has 1 N–H and O–H groups in total. The van der Waals surface area contributed by atoms with E-state index in [1.165, 1.54) is 6.07 Å². The average molecular weight is 386 g/mol. The molecule has 1 aromatic carbocycles. The highest BCUT2D eigenvalue weighted by Crippen LogP contribution is 2.12. The first kappa shape index (κ1) is 20.1. The predicted molar refractivity (Wildman–Crippen MR) is 106 cm³/mol. The number of halogens is 1. The van der Waals surface area contributed by atoms with Crippen LogP contribution >= 0.6 is 0 Å². The Balaban J connectivity index is 1.35. The molecule has 0 bridgehead atoms. The summed E-state index contributed by atoms with van der Waals surface area (Å²) in [6, 6.07) is 10.5. The van der Waals surface area contributed by atoms with Crippen LogP contribution in [0.1, 0.15) is 18.4 Å². The van der Waals surface area contributed by atoms with E-state index >= 15 is 0 Å². The van der Waals surface area contributed by atoms with Gasteiger partial charge < -0.3 is 15.0 Å². The minimum Gasteiger partial charge on any atom is -0.492 e. The van der Waals surface area contributed by atoms with Gasteiger partial charge in [0.1, 0.15) is 11.6 Å². The number of amides is 2. The third-order valence-corrected chi connectivity index (χ3v) is 4.73. The quantitative estimate of drug-likeness (QED) is 0.744. The number of carbonyl (C=O) groups is 1. The molecule has 7 heteroatoms. The van der Waals surface area contributed by atoms with Gasteiger partial charge in [0, 0.05) is 51.0 Å². The van der Waals surface area contributed by atoms with Crippen molar-refractivity contribution in [3.63, 3.8) is 0 Å². The van der Waals surface area contributed by atoms with Crippen LogP contribution in [0.4, 0.5) is 9.18 Å². The van der Waals surface area contributed by atoms with Gasteiger partial charge in [0.25, 0.3) is 0 Å². The van der Waals surface area contributed by atoms with Crippen LogP contribution in [0.15, 0.2) is 48.8 Å². The zero-order valence-corrected chi connectivity index (χ0v) is 16.0. The molecule has 1 fully saturated rings. The largest absolute Gasteiger partial charge is 0.492 e. The van der Waals surface area contributed by atoms with Crippen molar-refractivity contribution in [3.05, 3.63) is 60.2 Å². The van der Waals surface area contributed by atoms with Gasteiger partial charge >= 0.3 is 6.03 Å². The number of benzene rings is 1. The molecule has 1 saturated heterocycles. The van der Waals surface area contributed by atoms with Crippen LogP contribution in [0.5, 0.6) is 5.75 Å². The van der Waals surface area contributed by atoms with Crippen molar-refractivity contribution in [2.24, 2.45) is 0 Å². The van der Waals surface area contributed by atoms with Crippen molar-refractivity contribution < 1.29 is 13.9 Å². The summed E-state index contributed by atoms with van der Waals surface area (Å²) in [7, 11) is 0. The Hall–Kier alpha value is -2.67. The van der Waals surface area contributed by atoms with Gasteiger partial charge in [-0.15, -0.1) is 0 Å². The zero-order valence-electron chi connectivity index (χ0n) is 16.0. The van der Waals surface area contributed by atoms with Crippen molar-refractivity contribution in [2.45, 2.75) is 19.4 Å². The number of hydrogen-bond donors (Lipinski definition) is 1. The number of aromatic nitrogens is 1. The normalized spacial score (nSPS) is 15.1. The minimum absolute atomic E-state index is 0.0471. The van der Waals surface area contributed by atoms with Gasteiger partial charge in [-0.25, -0.2) is 9.18 Å². The predicted octanol–water partition coefficient (Wildman–Crippen LogP) is 2.91. The van der Waals surface area contributed by atoms with Crippen molar-refractivity contribution in [1.82, 2.24) is 20.1 Å². The van der Waals surface area contributed by atoms with E-state index in [-0.39, 0.29) is 11.8 Å². The van der Waals surface area contributed by atoms with Gasteiger partial charge in [-0.1, -0.05) is 18.2 Å². The van der Waals surface area contributed by atoms with E-state index in [0.29, 0.717) is 38.3 Å². The SMILES string of the molecule is O=C(NCCCOc1cccnc1)N1CCCN(Cc2ccccc2F)CC1. The van der Waals surface area contributed by atoms with Gasteiger partial charge in [-0.05, 0) is 31.0 Å². The number of pyridine rings is 1. The minimum atomic E-state index is -0.171. The fraction of sp³-hybridized carbons (Fsp3) is 0.429. The fourth-order valence-corrected chi connectivity index (χ4v) is 3.20. The third-order valence-electron chi connectivity index (χ3n) is 4.73. The molecule has 2 heterocycles. The Labute approximate surface area is 165 Å². The van der Waals surface area contributed by atoms with Crippen molar-refractivity contribution >= 4 is 6.03 Å². The monoisotopic (exact) mass is 386 g/mol. The molecule has 0 radical (unpaired) electrons. The summed E-state index contributed by atoms with van der Waals surface area (Å²) in [5, 5.41) is 2.95. The summed E-state index contributed by atoms with van der Waals surface area (Å²) < 4.78 is 19.4. The number of urea groups is 1. The second-order valence-electron chi connectivity index (χ2n) is 6.83. The lowest BCUT2D eigenvalue weighted by Crippen LogP contribution is -2.42. The first-order chi connectivity index (χ1) is 13.7. The summed E-state index contributed by atoms with van der Waals surface area (Å²) in [4.78, 5) is 20.4. The van der Waals surface area contributed by atoms with E-state index in [0.717, 1.165) is 31.7 Å². The Kier molecular flexibility index (Phi) is 7.61. The van der Waals surface area contributed by atoms with Crippen LogP contribution in [0.25, 0.3) is 0 Å². The van der Waals surface area contributed by atoms with Crippen LogP contribution in [-0.2, 0) is 6.54 Å². The average Bonchev–Trinajstić information content (AvgIpc) is 2.96. The van der Waals surface area contributed by atoms with Gasteiger partial charge in [0.2, 0.25) is 0 Å². The summed E-state index contributed by atoms with van der Waals surface area (Å²) in [5.41, 5.74) is 0.703. The second kappa shape index (κ2) is 10.6. The van der Waals surface area contributed by atoms with Gasteiger partial charge in [-0.2, -0.15) is 0 Å². The van der Waals surface area contributed by atoms with Crippen molar-refractivity contribution in [2.75, 3.05) is 39.3 Å². The molecule has 1 aromatic heterocycles. The molecular formula is C21H27FN4O2. The molecule has 0 atom stereocenters. The van der Waals surface area contributed by atoms with E-state index in [2.05, 4.69) is 15.2 Å². The van der Waals surface area contributed by atoms with E-state index in [9.17, 15) is 9.18 Å². The third kappa shape index (κ3) is 6.20. The second-order valence-corrected chi connectivity index (χ2v) is 6.83. The number of rotatable bonds is 7. The summed E-state index contributed by atoms with van der Waals surface area (Å²) in [5.74, 6) is 0.561. The molecule has 2 amide bonds. The number of nitrogens with zero attached hydrogens (tertiary/aromatic N) is 3. The first-order valence-electron chi connectivity index (χ1n) is 9.74. The van der Waals surface area contributed by atoms with Gasteiger partial charge in [-0.3, -0.25) is 9.88 Å². The lowest BCUT2D eigenvalue weighted by atomic mass is 10.2. The standard InChI is InChI=1S/C21H27FN4O2/c22-20-8-2-1-6-18(20)17-25-11-5-12-26(14-13-25)21(27)24-10-4-15-28-19-7-3-9-23-16-19/h1-3,6-9,16H,4-5,10-15,17H2,(H,24,27). The van der Waals surface area contributed by atoms with E-state index in [4.69, 9.17) is 4.74 Å². The highest BCUT2D eigenvalue weighted by molar-refractivity contribution is 5.74. The Morgan fingerprint density at radius 3 is 2.86 bits per heavy atom. The highest BCUT2D eigenvalue weighted by atomic mass is 19.1. The van der Waals surface area contributed by atoms with Crippen molar-refractivity contribution in [1.29, 1.82) is 0 Å². The van der Waals surface area contributed by atoms with Gasteiger partial charge in [0.05, 0.1) is 12.8 Å². The van der Waals surface area contributed by atoms with Crippen molar-refractivity contribution in [3.8, 4) is 5.75 Å².